The van der Waals surface area contributed by atoms with E-state index in [1.54, 1.807) is 18.5 Å². The fourth-order valence-corrected chi connectivity index (χ4v) is 4.83. The molecule has 0 aliphatic carbocycles. The number of fused-ring (bicyclic) bond motifs is 1. The predicted molar refractivity (Wildman–Crippen MR) is 129 cm³/mol. The molecule has 3 aromatic rings. The van der Waals surface area contributed by atoms with Gasteiger partial charge in [-0.1, -0.05) is 29.3 Å². The molecule has 1 aromatic heterocycles. The Bertz CT molecular complexity index is 1230. The van der Waals surface area contributed by atoms with E-state index >= 15 is 0 Å². The Hall–Kier alpha value is -3.43. The number of rotatable bonds is 3. The summed E-state index contributed by atoms with van der Waals surface area (Å²) in [5, 5.41) is 15.2. The van der Waals surface area contributed by atoms with Crippen LogP contribution in [0.5, 0.6) is 0 Å². The Labute approximate surface area is 202 Å². The largest absolute Gasteiger partial charge is 0.352 e. The summed E-state index contributed by atoms with van der Waals surface area (Å²) in [6, 6.07) is 11.1. The number of anilines is 1. The third-order valence-electron chi connectivity index (χ3n) is 6.44. The lowest BCUT2D eigenvalue weighted by atomic mass is 10.1. The Kier molecular flexibility index (Phi) is 5.97. The van der Waals surface area contributed by atoms with Gasteiger partial charge >= 0.3 is 0 Å². The van der Waals surface area contributed by atoms with Crippen molar-refractivity contribution in [3.05, 3.63) is 70.5 Å². The number of carbonyl (C=O) groups excluding carboxylic acids is 2. The summed E-state index contributed by atoms with van der Waals surface area (Å²) in [7, 11) is 0. The number of aryl methyl sites for hydroxylation is 1. The Morgan fingerprint density at radius 3 is 2.68 bits per heavy atom. The average molecular weight is 480 g/mol. The van der Waals surface area contributed by atoms with Crippen LogP contribution in [-0.2, 0) is 0 Å². The van der Waals surface area contributed by atoms with Gasteiger partial charge in [-0.05, 0) is 44.5 Å². The van der Waals surface area contributed by atoms with Crippen LogP contribution in [0.2, 0.25) is 5.02 Å². The number of aromatic nitrogens is 3. The first kappa shape index (κ1) is 22.4. The standard InChI is InChI=1S/C24H26ClN7O2/c1-15-6-7-20(32-26-9-10-27-32)17(14-15)23(34)31-13-12-30(11-8-16(31)2)24-28-19-5-3-4-18(25)21(19)22(33)29-24/h3-7,9-10,14,16,24,28H,8,11-13H2,1-2H3,(H,29,33). The van der Waals surface area contributed by atoms with E-state index in [1.165, 1.54) is 4.80 Å². The van der Waals surface area contributed by atoms with Crippen molar-refractivity contribution >= 4 is 29.1 Å². The van der Waals surface area contributed by atoms with Gasteiger partial charge in [-0.3, -0.25) is 14.5 Å². The molecule has 1 saturated heterocycles. The number of amides is 2. The Morgan fingerprint density at radius 2 is 1.88 bits per heavy atom. The van der Waals surface area contributed by atoms with E-state index in [-0.39, 0.29) is 24.1 Å². The lowest BCUT2D eigenvalue weighted by Crippen LogP contribution is -2.56. The van der Waals surface area contributed by atoms with Crippen molar-refractivity contribution in [2.75, 3.05) is 25.0 Å². The molecule has 2 unspecified atom stereocenters. The van der Waals surface area contributed by atoms with Crippen molar-refractivity contribution in [2.45, 2.75) is 32.6 Å². The quantitative estimate of drug-likeness (QED) is 0.599. The zero-order valence-corrected chi connectivity index (χ0v) is 19.8. The summed E-state index contributed by atoms with van der Waals surface area (Å²) < 4.78 is 0. The van der Waals surface area contributed by atoms with Crippen molar-refractivity contribution in [3.8, 4) is 5.69 Å². The first-order chi connectivity index (χ1) is 16.4. The van der Waals surface area contributed by atoms with Gasteiger partial charge in [0.25, 0.3) is 11.8 Å². The monoisotopic (exact) mass is 479 g/mol. The molecule has 2 atom stereocenters. The van der Waals surface area contributed by atoms with Crippen LogP contribution in [0.3, 0.4) is 0 Å². The normalized spacial score (nSPS) is 20.8. The van der Waals surface area contributed by atoms with Crippen molar-refractivity contribution in [3.63, 3.8) is 0 Å². The minimum atomic E-state index is -0.372. The molecule has 176 valence electrons. The van der Waals surface area contributed by atoms with Gasteiger partial charge in [0.1, 0.15) is 0 Å². The molecule has 2 N–H and O–H groups in total. The number of carbonyl (C=O) groups is 2. The molecule has 0 bridgehead atoms. The molecule has 5 rings (SSSR count). The van der Waals surface area contributed by atoms with Crippen LogP contribution in [0, 0.1) is 6.92 Å². The third-order valence-corrected chi connectivity index (χ3v) is 6.75. The summed E-state index contributed by atoms with van der Waals surface area (Å²) in [6.45, 7) is 5.87. The van der Waals surface area contributed by atoms with Crippen molar-refractivity contribution in [1.82, 2.24) is 30.1 Å². The van der Waals surface area contributed by atoms with Crippen molar-refractivity contribution < 1.29 is 9.59 Å². The number of hydrogen-bond donors (Lipinski definition) is 2. The molecule has 2 aromatic carbocycles. The summed E-state index contributed by atoms with van der Waals surface area (Å²) in [5.74, 6) is -0.256. The number of halogens is 1. The van der Waals surface area contributed by atoms with Crippen LogP contribution in [0.15, 0.2) is 48.8 Å². The second-order valence-electron chi connectivity index (χ2n) is 8.69. The Balaban J connectivity index is 1.36. The molecule has 1 fully saturated rings. The number of hydrogen-bond acceptors (Lipinski definition) is 6. The van der Waals surface area contributed by atoms with Crippen molar-refractivity contribution in [2.24, 2.45) is 0 Å². The van der Waals surface area contributed by atoms with Gasteiger partial charge in [0.05, 0.1) is 39.9 Å². The molecule has 9 nitrogen and oxygen atoms in total. The maximum Gasteiger partial charge on any atom is 0.257 e. The molecule has 2 amide bonds. The first-order valence-electron chi connectivity index (χ1n) is 11.3. The molecular weight excluding hydrogens is 454 g/mol. The van der Waals surface area contributed by atoms with Gasteiger partial charge in [-0.2, -0.15) is 15.0 Å². The zero-order valence-electron chi connectivity index (χ0n) is 19.0. The summed E-state index contributed by atoms with van der Waals surface area (Å²) >= 11 is 6.22. The second-order valence-corrected chi connectivity index (χ2v) is 9.10. The van der Waals surface area contributed by atoms with Crippen molar-refractivity contribution in [1.29, 1.82) is 0 Å². The molecule has 0 spiro atoms. The van der Waals surface area contributed by atoms with Gasteiger partial charge in [0.2, 0.25) is 0 Å². The lowest BCUT2D eigenvalue weighted by Gasteiger charge is -2.36. The zero-order chi connectivity index (χ0) is 23.8. The SMILES string of the molecule is Cc1ccc(-n2nccn2)c(C(=O)N2CCN(C3NC(=O)c4c(Cl)cccc4N3)CCC2C)c1. The molecule has 0 saturated carbocycles. The van der Waals surface area contributed by atoms with Gasteiger partial charge < -0.3 is 15.5 Å². The fourth-order valence-electron chi connectivity index (χ4n) is 4.56. The third kappa shape index (κ3) is 4.12. The fraction of sp³-hybridized carbons (Fsp3) is 0.333. The highest BCUT2D eigenvalue weighted by Gasteiger charge is 2.33. The minimum Gasteiger partial charge on any atom is -0.352 e. The number of nitrogens with one attached hydrogen (secondary N) is 2. The van der Waals surface area contributed by atoms with Crippen LogP contribution in [0.25, 0.3) is 5.69 Å². The highest BCUT2D eigenvalue weighted by molar-refractivity contribution is 6.34. The smallest absolute Gasteiger partial charge is 0.257 e. The minimum absolute atomic E-state index is 0.0254. The van der Waals surface area contributed by atoms with E-state index in [0.29, 0.717) is 40.6 Å². The second kappa shape index (κ2) is 9.08. The molecule has 34 heavy (non-hydrogen) atoms. The molecule has 3 heterocycles. The molecule has 10 heteroatoms. The van der Waals surface area contributed by atoms with Crippen LogP contribution >= 0.6 is 11.6 Å². The topological polar surface area (TPSA) is 95.4 Å². The number of nitrogens with zero attached hydrogens (tertiary/aromatic N) is 5. The maximum absolute atomic E-state index is 13.7. The average Bonchev–Trinajstić information content (AvgIpc) is 3.28. The summed E-state index contributed by atoms with van der Waals surface area (Å²) in [6.07, 6.45) is 3.58. The van der Waals surface area contributed by atoms with E-state index in [2.05, 4.69) is 32.7 Å². The van der Waals surface area contributed by atoms with E-state index in [1.807, 2.05) is 42.2 Å². The molecular formula is C24H26ClN7O2. The highest BCUT2D eigenvalue weighted by atomic mass is 35.5. The summed E-state index contributed by atoms with van der Waals surface area (Å²) in [5.41, 5.74) is 3.39. The maximum atomic E-state index is 13.7. The van der Waals surface area contributed by atoms with E-state index in [0.717, 1.165) is 18.5 Å². The Morgan fingerprint density at radius 1 is 1.09 bits per heavy atom. The van der Waals surface area contributed by atoms with Crippen LogP contribution < -0.4 is 10.6 Å². The van der Waals surface area contributed by atoms with E-state index in [4.69, 9.17) is 11.6 Å². The number of benzene rings is 2. The van der Waals surface area contributed by atoms with Gasteiger partial charge in [-0.25, -0.2) is 0 Å². The van der Waals surface area contributed by atoms with Gasteiger partial charge in [0.15, 0.2) is 6.29 Å². The lowest BCUT2D eigenvalue weighted by molar-refractivity contribution is 0.0693. The van der Waals surface area contributed by atoms with Gasteiger partial charge in [-0.15, -0.1) is 0 Å². The van der Waals surface area contributed by atoms with Gasteiger partial charge in [0, 0.05) is 25.7 Å². The predicted octanol–water partition coefficient (Wildman–Crippen LogP) is 2.90. The molecule has 0 radical (unpaired) electrons. The molecule has 2 aliphatic rings. The van der Waals surface area contributed by atoms with Crippen LogP contribution in [0.1, 0.15) is 39.6 Å². The van der Waals surface area contributed by atoms with E-state index < -0.39 is 0 Å². The summed E-state index contributed by atoms with van der Waals surface area (Å²) in [4.78, 5) is 31.9. The molecule has 2 aliphatic heterocycles. The first-order valence-corrected chi connectivity index (χ1v) is 11.7. The van der Waals surface area contributed by atoms with Crippen LogP contribution in [-0.4, -0.2) is 68.6 Å². The highest BCUT2D eigenvalue weighted by Crippen LogP contribution is 2.28. The van der Waals surface area contributed by atoms with Crippen LogP contribution in [0.4, 0.5) is 5.69 Å². The van der Waals surface area contributed by atoms with E-state index in [9.17, 15) is 9.59 Å².